The SMILES string of the molecule is COc1ccc(C(C)=O)c(OCC(O)c2ccccc2Cl)c1. The van der Waals surface area contributed by atoms with Crippen LogP contribution in [-0.4, -0.2) is 24.6 Å². The summed E-state index contributed by atoms with van der Waals surface area (Å²) in [6.45, 7) is 1.44. The van der Waals surface area contributed by atoms with Gasteiger partial charge in [0.25, 0.3) is 0 Å². The molecule has 0 radical (unpaired) electrons. The second-order valence-electron chi connectivity index (χ2n) is 4.77. The summed E-state index contributed by atoms with van der Waals surface area (Å²) in [4.78, 5) is 11.6. The van der Waals surface area contributed by atoms with Gasteiger partial charge in [0.05, 0.1) is 12.7 Å². The van der Waals surface area contributed by atoms with Crippen LogP contribution in [0.1, 0.15) is 28.9 Å². The molecular weight excluding hydrogens is 304 g/mol. The Hall–Kier alpha value is -2.04. The van der Waals surface area contributed by atoms with Crippen LogP contribution < -0.4 is 9.47 Å². The van der Waals surface area contributed by atoms with Crippen molar-refractivity contribution in [2.24, 2.45) is 0 Å². The molecule has 0 aliphatic rings. The molecule has 5 heteroatoms. The maximum atomic E-state index is 11.6. The van der Waals surface area contributed by atoms with Crippen molar-refractivity contribution < 1.29 is 19.4 Å². The van der Waals surface area contributed by atoms with Gasteiger partial charge in [0.2, 0.25) is 0 Å². The minimum atomic E-state index is -0.889. The monoisotopic (exact) mass is 320 g/mol. The first-order chi connectivity index (χ1) is 10.5. The van der Waals surface area contributed by atoms with Gasteiger partial charge in [-0.05, 0) is 25.1 Å². The van der Waals surface area contributed by atoms with Crippen molar-refractivity contribution in [3.8, 4) is 11.5 Å². The van der Waals surface area contributed by atoms with Gasteiger partial charge < -0.3 is 14.6 Å². The van der Waals surface area contributed by atoms with E-state index in [1.54, 1.807) is 42.5 Å². The highest BCUT2D eigenvalue weighted by atomic mass is 35.5. The zero-order valence-electron chi connectivity index (χ0n) is 12.4. The van der Waals surface area contributed by atoms with Crippen LogP contribution in [0, 0.1) is 0 Å². The van der Waals surface area contributed by atoms with Crippen LogP contribution in [0.3, 0.4) is 0 Å². The van der Waals surface area contributed by atoms with Gasteiger partial charge in [0.1, 0.15) is 24.2 Å². The van der Waals surface area contributed by atoms with Crippen LogP contribution in [0.25, 0.3) is 0 Å². The Morgan fingerprint density at radius 1 is 1.27 bits per heavy atom. The fourth-order valence-corrected chi connectivity index (χ4v) is 2.31. The van der Waals surface area contributed by atoms with E-state index in [1.165, 1.54) is 14.0 Å². The number of methoxy groups -OCH3 is 1. The fourth-order valence-electron chi connectivity index (χ4n) is 2.04. The van der Waals surface area contributed by atoms with Gasteiger partial charge >= 0.3 is 0 Å². The second-order valence-corrected chi connectivity index (χ2v) is 5.17. The highest BCUT2D eigenvalue weighted by Crippen LogP contribution is 2.28. The van der Waals surface area contributed by atoms with Gasteiger partial charge in [-0.2, -0.15) is 0 Å². The number of ketones is 1. The molecular formula is C17H17ClO4. The van der Waals surface area contributed by atoms with Gasteiger partial charge in [0.15, 0.2) is 5.78 Å². The number of rotatable bonds is 6. The number of carbonyl (C=O) groups excluding carboxylic acids is 1. The van der Waals surface area contributed by atoms with Crippen molar-refractivity contribution in [1.29, 1.82) is 0 Å². The molecule has 4 nitrogen and oxygen atoms in total. The van der Waals surface area contributed by atoms with Crippen molar-refractivity contribution in [2.75, 3.05) is 13.7 Å². The fraction of sp³-hybridized carbons (Fsp3) is 0.235. The topological polar surface area (TPSA) is 55.8 Å². The summed E-state index contributed by atoms with van der Waals surface area (Å²) in [6.07, 6.45) is -0.889. The molecule has 0 spiro atoms. The molecule has 1 unspecified atom stereocenters. The lowest BCUT2D eigenvalue weighted by Crippen LogP contribution is -2.12. The summed E-state index contributed by atoms with van der Waals surface area (Å²) in [6, 6.07) is 12.0. The van der Waals surface area contributed by atoms with Crippen molar-refractivity contribution >= 4 is 17.4 Å². The summed E-state index contributed by atoms with van der Waals surface area (Å²) in [5, 5.41) is 10.7. The second kappa shape index (κ2) is 7.29. The lowest BCUT2D eigenvalue weighted by atomic mass is 10.1. The number of carbonyl (C=O) groups is 1. The molecule has 0 heterocycles. The number of aliphatic hydroxyl groups is 1. The number of benzene rings is 2. The molecule has 0 saturated carbocycles. The molecule has 22 heavy (non-hydrogen) atoms. The largest absolute Gasteiger partial charge is 0.497 e. The first-order valence-corrected chi connectivity index (χ1v) is 7.15. The highest BCUT2D eigenvalue weighted by molar-refractivity contribution is 6.31. The van der Waals surface area contributed by atoms with E-state index in [9.17, 15) is 9.90 Å². The van der Waals surface area contributed by atoms with Crippen molar-refractivity contribution in [3.63, 3.8) is 0 Å². The molecule has 0 amide bonds. The molecule has 0 aliphatic carbocycles. The van der Waals surface area contributed by atoms with E-state index in [4.69, 9.17) is 21.1 Å². The Bertz CT molecular complexity index is 669. The van der Waals surface area contributed by atoms with Crippen LogP contribution in [0.15, 0.2) is 42.5 Å². The predicted molar refractivity (Wildman–Crippen MR) is 84.9 cm³/mol. The summed E-state index contributed by atoms with van der Waals surface area (Å²) >= 11 is 6.04. The molecule has 116 valence electrons. The number of ether oxygens (including phenoxy) is 2. The van der Waals surface area contributed by atoms with E-state index in [0.717, 1.165) is 0 Å². The summed E-state index contributed by atoms with van der Waals surface area (Å²) in [7, 11) is 1.53. The van der Waals surface area contributed by atoms with E-state index in [1.807, 2.05) is 0 Å². The average molecular weight is 321 g/mol. The first kappa shape index (κ1) is 16.3. The molecule has 0 aromatic heterocycles. The molecule has 0 saturated heterocycles. The van der Waals surface area contributed by atoms with Gasteiger partial charge in [-0.25, -0.2) is 0 Å². The summed E-state index contributed by atoms with van der Waals surface area (Å²) in [5.41, 5.74) is 1.02. The quantitative estimate of drug-likeness (QED) is 0.825. The third-order valence-electron chi connectivity index (χ3n) is 3.23. The number of Topliss-reactive ketones (excluding diaryl/α,β-unsaturated/α-hetero) is 1. The Kier molecular flexibility index (Phi) is 5.41. The first-order valence-electron chi connectivity index (χ1n) is 6.77. The Balaban J connectivity index is 2.17. The number of aliphatic hydroxyl groups excluding tert-OH is 1. The van der Waals surface area contributed by atoms with Gasteiger partial charge in [-0.3, -0.25) is 4.79 Å². The van der Waals surface area contributed by atoms with Crippen molar-refractivity contribution in [2.45, 2.75) is 13.0 Å². The zero-order chi connectivity index (χ0) is 16.1. The Morgan fingerprint density at radius 2 is 2.00 bits per heavy atom. The molecule has 0 aliphatic heterocycles. The third kappa shape index (κ3) is 3.78. The van der Waals surface area contributed by atoms with Crippen LogP contribution >= 0.6 is 11.6 Å². The summed E-state index contributed by atoms with van der Waals surface area (Å²) in [5.74, 6) is 0.829. The van der Waals surface area contributed by atoms with E-state index in [0.29, 0.717) is 27.6 Å². The van der Waals surface area contributed by atoms with E-state index < -0.39 is 6.10 Å². The van der Waals surface area contributed by atoms with Crippen LogP contribution in [0.4, 0.5) is 0 Å². The maximum Gasteiger partial charge on any atom is 0.163 e. The number of halogens is 1. The summed E-state index contributed by atoms with van der Waals surface area (Å²) < 4.78 is 10.7. The lowest BCUT2D eigenvalue weighted by Gasteiger charge is -2.16. The molecule has 2 aromatic rings. The number of hydrogen-bond acceptors (Lipinski definition) is 4. The molecule has 1 N–H and O–H groups in total. The predicted octanol–water partition coefficient (Wildman–Crippen LogP) is 3.66. The van der Waals surface area contributed by atoms with E-state index >= 15 is 0 Å². The van der Waals surface area contributed by atoms with Crippen LogP contribution in [0.2, 0.25) is 5.02 Å². The van der Waals surface area contributed by atoms with Gasteiger partial charge in [-0.1, -0.05) is 29.8 Å². The van der Waals surface area contributed by atoms with Gasteiger partial charge in [0, 0.05) is 16.7 Å². The maximum absolute atomic E-state index is 11.6. The van der Waals surface area contributed by atoms with E-state index in [-0.39, 0.29) is 12.4 Å². The Morgan fingerprint density at radius 3 is 2.64 bits per heavy atom. The smallest absolute Gasteiger partial charge is 0.163 e. The molecule has 0 bridgehead atoms. The Labute approximate surface area is 134 Å². The minimum absolute atomic E-state index is 0.0167. The van der Waals surface area contributed by atoms with Crippen LogP contribution in [-0.2, 0) is 0 Å². The molecule has 2 aromatic carbocycles. The molecule has 1 atom stereocenters. The van der Waals surface area contributed by atoms with Crippen molar-refractivity contribution in [1.82, 2.24) is 0 Å². The zero-order valence-corrected chi connectivity index (χ0v) is 13.1. The minimum Gasteiger partial charge on any atom is -0.497 e. The van der Waals surface area contributed by atoms with E-state index in [2.05, 4.69) is 0 Å². The standard InChI is InChI=1S/C17H17ClO4/c1-11(19)13-8-7-12(21-2)9-17(13)22-10-16(20)14-5-3-4-6-15(14)18/h3-9,16,20H,10H2,1-2H3. The van der Waals surface area contributed by atoms with Crippen molar-refractivity contribution in [3.05, 3.63) is 58.6 Å². The number of hydrogen-bond donors (Lipinski definition) is 1. The van der Waals surface area contributed by atoms with Gasteiger partial charge in [-0.15, -0.1) is 0 Å². The lowest BCUT2D eigenvalue weighted by molar-refractivity contribution is 0.0977. The molecule has 0 fully saturated rings. The highest BCUT2D eigenvalue weighted by Gasteiger charge is 2.15. The van der Waals surface area contributed by atoms with Crippen LogP contribution in [0.5, 0.6) is 11.5 Å². The molecule has 2 rings (SSSR count). The normalized spacial score (nSPS) is 11.8. The third-order valence-corrected chi connectivity index (χ3v) is 3.57. The average Bonchev–Trinajstić information content (AvgIpc) is 2.52.